The van der Waals surface area contributed by atoms with Gasteiger partial charge in [-0.3, -0.25) is 11.3 Å². The first kappa shape index (κ1) is 9.96. The van der Waals surface area contributed by atoms with E-state index in [0.29, 0.717) is 12.1 Å². The zero-order valence-corrected chi connectivity index (χ0v) is 7.88. The van der Waals surface area contributed by atoms with Crippen molar-refractivity contribution in [3.63, 3.8) is 0 Å². The molecule has 1 heterocycles. The van der Waals surface area contributed by atoms with Crippen LogP contribution in [0.3, 0.4) is 0 Å². The van der Waals surface area contributed by atoms with Gasteiger partial charge in [0.15, 0.2) is 0 Å². The van der Waals surface area contributed by atoms with Crippen LogP contribution >= 0.6 is 0 Å². The molecule has 0 amide bonds. The van der Waals surface area contributed by atoms with Crippen LogP contribution in [-0.2, 0) is 4.74 Å². The molecular weight excluding hydrogens is 152 g/mol. The molecule has 0 spiro atoms. The molecule has 72 valence electrons. The lowest BCUT2D eigenvalue weighted by Crippen LogP contribution is -2.35. The fourth-order valence-corrected chi connectivity index (χ4v) is 1.66. The Labute approximate surface area is 74.6 Å². The van der Waals surface area contributed by atoms with Gasteiger partial charge in [-0.05, 0) is 32.1 Å². The van der Waals surface area contributed by atoms with Crippen molar-refractivity contribution in [3.8, 4) is 0 Å². The Balaban J connectivity index is 2.06. The Hall–Kier alpha value is -0.120. The molecule has 3 nitrogen and oxygen atoms in total. The Morgan fingerprint density at radius 1 is 1.67 bits per heavy atom. The zero-order chi connectivity index (χ0) is 8.81. The molecule has 1 aliphatic heterocycles. The smallest absolute Gasteiger partial charge is 0.0576 e. The highest BCUT2D eigenvalue weighted by Crippen LogP contribution is 2.17. The summed E-state index contributed by atoms with van der Waals surface area (Å²) in [4.78, 5) is 0. The predicted molar refractivity (Wildman–Crippen MR) is 49.6 cm³/mol. The molecule has 0 aromatic heterocycles. The van der Waals surface area contributed by atoms with Gasteiger partial charge >= 0.3 is 0 Å². The second kappa shape index (κ2) is 5.51. The average Bonchev–Trinajstić information content (AvgIpc) is 2.59. The summed E-state index contributed by atoms with van der Waals surface area (Å²) < 4.78 is 5.52. The Kier molecular flexibility index (Phi) is 4.58. The van der Waals surface area contributed by atoms with Crippen LogP contribution in [0.25, 0.3) is 0 Å². The molecule has 12 heavy (non-hydrogen) atoms. The largest absolute Gasteiger partial charge is 0.378 e. The van der Waals surface area contributed by atoms with Crippen LogP contribution in [0.15, 0.2) is 0 Å². The van der Waals surface area contributed by atoms with Crippen molar-refractivity contribution in [2.45, 2.75) is 51.2 Å². The fraction of sp³-hybridized carbons (Fsp3) is 1.00. The molecule has 0 aliphatic carbocycles. The van der Waals surface area contributed by atoms with Crippen molar-refractivity contribution in [3.05, 3.63) is 0 Å². The van der Waals surface area contributed by atoms with Crippen molar-refractivity contribution in [1.29, 1.82) is 0 Å². The molecule has 0 bridgehead atoms. The lowest BCUT2D eigenvalue weighted by molar-refractivity contribution is 0.0994. The number of hydrogen-bond donors (Lipinski definition) is 2. The van der Waals surface area contributed by atoms with Crippen molar-refractivity contribution in [2.75, 3.05) is 6.61 Å². The molecule has 0 radical (unpaired) electrons. The summed E-state index contributed by atoms with van der Waals surface area (Å²) in [5, 5.41) is 0. The zero-order valence-electron chi connectivity index (χ0n) is 7.88. The maximum atomic E-state index is 5.52. The number of rotatable bonds is 5. The molecular formula is C9H20N2O. The molecule has 0 aromatic carbocycles. The summed E-state index contributed by atoms with van der Waals surface area (Å²) in [6.07, 6.45) is 6.37. The van der Waals surface area contributed by atoms with E-state index in [9.17, 15) is 0 Å². The van der Waals surface area contributed by atoms with Crippen LogP contribution < -0.4 is 11.3 Å². The van der Waals surface area contributed by atoms with Gasteiger partial charge in [0.25, 0.3) is 0 Å². The number of nitrogens with one attached hydrogen (secondary N) is 1. The van der Waals surface area contributed by atoms with Gasteiger partial charge in [-0.2, -0.15) is 0 Å². The van der Waals surface area contributed by atoms with E-state index in [0.717, 1.165) is 25.9 Å². The molecule has 1 fully saturated rings. The summed E-state index contributed by atoms with van der Waals surface area (Å²) in [6.45, 7) is 3.11. The third-order valence-corrected chi connectivity index (χ3v) is 2.59. The molecule has 1 aliphatic rings. The van der Waals surface area contributed by atoms with E-state index < -0.39 is 0 Å². The summed E-state index contributed by atoms with van der Waals surface area (Å²) in [5.74, 6) is 5.38. The molecule has 1 saturated heterocycles. The second-order valence-electron chi connectivity index (χ2n) is 3.48. The van der Waals surface area contributed by atoms with Gasteiger partial charge in [0.1, 0.15) is 0 Å². The molecule has 0 saturated carbocycles. The lowest BCUT2D eigenvalue weighted by Gasteiger charge is -2.15. The first-order valence-corrected chi connectivity index (χ1v) is 4.94. The standard InChI is InChI=1S/C9H20N2O/c1-2-8(11-10)5-6-9-4-3-7-12-9/h8-9,11H,2-7,10H2,1H3. The van der Waals surface area contributed by atoms with Crippen LogP contribution in [-0.4, -0.2) is 18.8 Å². The first-order chi connectivity index (χ1) is 5.86. The highest BCUT2D eigenvalue weighted by atomic mass is 16.5. The van der Waals surface area contributed by atoms with Crippen LogP contribution in [0.4, 0.5) is 0 Å². The molecule has 3 N–H and O–H groups in total. The Bertz CT molecular complexity index is 107. The normalized spacial score (nSPS) is 26.0. The minimum absolute atomic E-state index is 0.467. The van der Waals surface area contributed by atoms with E-state index >= 15 is 0 Å². The molecule has 2 atom stereocenters. The van der Waals surface area contributed by atoms with Crippen molar-refractivity contribution in [2.24, 2.45) is 5.84 Å². The van der Waals surface area contributed by atoms with E-state index in [1.54, 1.807) is 0 Å². The third kappa shape index (κ3) is 3.09. The van der Waals surface area contributed by atoms with Crippen molar-refractivity contribution < 1.29 is 4.74 Å². The van der Waals surface area contributed by atoms with Crippen LogP contribution in [0.1, 0.15) is 39.0 Å². The second-order valence-corrected chi connectivity index (χ2v) is 3.48. The van der Waals surface area contributed by atoms with Crippen molar-refractivity contribution >= 4 is 0 Å². The number of nitrogens with two attached hydrogens (primary N) is 1. The topological polar surface area (TPSA) is 47.3 Å². The summed E-state index contributed by atoms with van der Waals surface area (Å²) >= 11 is 0. The maximum Gasteiger partial charge on any atom is 0.0576 e. The van der Waals surface area contributed by atoms with Gasteiger partial charge in [-0.15, -0.1) is 0 Å². The van der Waals surface area contributed by atoms with E-state index in [1.807, 2.05) is 0 Å². The average molecular weight is 172 g/mol. The SMILES string of the molecule is CCC(CCC1CCCO1)NN. The first-order valence-electron chi connectivity index (χ1n) is 4.94. The minimum Gasteiger partial charge on any atom is -0.378 e. The Morgan fingerprint density at radius 3 is 3.00 bits per heavy atom. The van der Waals surface area contributed by atoms with Gasteiger partial charge < -0.3 is 4.74 Å². The summed E-state index contributed by atoms with van der Waals surface area (Å²) in [6, 6.07) is 0.467. The van der Waals surface area contributed by atoms with Gasteiger partial charge in [-0.25, -0.2) is 0 Å². The number of hydrazine groups is 1. The fourth-order valence-electron chi connectivity index (χ4n) is 1.66. The number of hydrogen-bond acceptors (Lipinski definition) is 3. The molecule has 3 heteroatoms. The van der Waals surface area contributed by atoms with Crippen LogP contribution in [0, 0.1) is 0 Å². The van der Waals surface area contributed by atoms with E-state index in [1.165, 1.54) is 12.8 Å². The van der Waals surface area contributed by atoms with Gasteiger partial charge in [-0.1, -0.05) is 6.92 Å². The molecule has 0 aromatic rings. The summed E-state index contributed by atoms with van der Waals surface area (Å²) in [7, 11) is 0. The quantitative estimate of drug-likeness (QED) is 0.483. The lowest BCUT2D eigenvalue weighted by atomic mass is 10.0. The molecule has 1 rings (SSSR count). The highest BCUT2D eigenvalue weighted by molar-refractivity contribution is 4.69. The van der Waals surface area contributed by atoms with E-state index in [2.05, 4.69) is 12.3 Å². The van der Waals surface area contributed by atoms with Gasteiger partial charge in [0.2, 0.25) is 0 Å². The maximum absolute atomic E-state index is 5.52. The van der Waals surface area contributed by atoms with Crippen LogP contribution in [0.5, 0.6) is 0 Å². The van der Waals surface area contributed by atoms with Gasteiger partial charge in [0.05, 0.1) is 6.10 Å². The minimum atomic E-state index is 0.467. The predicted octanol–water partition coefficient (Wildman–Crippen LogP) is 1.19. The van der Waals surface area contributed by atoms with Gasteiger partial charge in [0, 0.05) is 12.6 Å². The van der Waals surface area contributed by atoms with E-state index in [-0.39, 0.29) is 0 Å². The highest BCUT2D eigenvalue weighted by Gasteiger charge is 2.16. The van der Waals surface area contributed by atoms with Crippen LogP contribution in [0.2, 0.25) is 0 Å². The van der Waals surface area contributed by atoms with Crippen molar-refractivity contribution in [1.82, 2.24) is 5.43 Å². The molecule has 2 unspecified atom stereocenters. The number of ether oxygens (including phenoxy) is 1. The third-order valence-electron chi connectivity index (χ3n) is 2.59. The monoisotopic (exact) mass is 172 g/mol. The van der Waals surface area contributed by atoms with E-state index in [4.69, 9.17) is 10.6 Å². The summed E-state index contributed by atoms with van der Waals surface area (Å²) in [5.41, 5.74) is 2.82. The Morgan fingerprint density at radius 2 is 2.50 bits per heavy atom.